The quantitative estimate of drug-likeness (QED) is 0.752. The summed E-state index contributed by atoms with van der Waals surface area (Å²) in [4.78, 5) is 14.2. The maximum atomic E-state index is 12.8. The lowest BCUT2D eigenvalue weighted by molar-refractivity contribution is 0.0761. The number of carbonyl (C=O) groups excluding carboxylic acids is 1. The van der Waals surface area contributed by atoms with Gasteiger partial charge in [0.2, 0.25) is 0 Å². The smallest absolute Gasteiger partial charge is 0.270 e. The summed E-state index contributed by atoms with van der Waals surface area (Å²) in [6.45, 7) is 4.84. The lowest BCUT2D eigenvalue weighted by Crippen LogP contribution is -2.32. The molecule has 4 nitrogen and oxygen atoms in total. The van der Waals surface area contributed by atoms with Crippen LogP contribution in [0.5, 0.6) is 5.75 Å². The number of likely N-dealkylation sites (N-methyl/N-ethyl adjacent to an activating group) is 1. The molecule has 23 heavy (non-hydrogen) atoms. The zero-order chi connectivity index (χ0) is 17.0. The van der Waals surface area contributed by atoms with E-state index < -0.39 is 0 Å². The predicted molar refractivity (Wildman–Crippen MR) is 91.4 cm³/mol. The number of rotatable bonds is 6. The van der Waals surface area contributed by atoms with Crippen LogP contribution in [0.3, 0.4) is 0 Å². The standard InChI is InChI=1S/C17H20BrFN2O2/c1-12(2)21-11-13(18)10-16(21)17(22)20(3)8-9-23-15-6-4-14(19)5-7-15/h4-7,10-12H,8-9H2,1-3H3. The van der Waals surface area contributed by atoms with Crippen LogP contribution in [0.1, 0.15) is 30.4 Å². The van der Waals surface area contributed by atoms with Gasteiger partial charge in [0, 0.05) is 23.8 Å². The topological polar surface area (TPSA) is 34.5 Å². The first kappa shape index (κ1) is 17.5. The Bertz CT molecular complexity index is 668. The molecule has 0 aliphatic carbocycles. The Morgan fingerprint density at radius 1 is 1.35 bits per heavy atom. The van der Waals surface area contributed by atoms with Crippen LogP contribution in [0.2, 0.25) is 0 Å². The van der Waals surface area contributed by atoms with Crippen LogP contribution < -0.4 is 4.74 Å². The van der Waals surface area contributed by atoms with Crippen molar-refractivity contribution in [3.05, 3.63) is 52.5 Å². The van der Waals surface area contributed by atoms with E-state index in [4.69, 9.17) is 4.74 Å². The lowest BCUT2D eigenvalue weighted by Gasteiger charge is -2.20. The van der Waals surface area contributed by atoms with Crippen molar-refractivity contribution in [1.82, 2.24) is 9.47 Å². The Kier molecular flexibility index (Phi) is 5.82. The van der Waals surface area contributed by atoms with Gasteiger partial charge >= 0.3 is 0 Å². The summed E-state index contributed by atoms with van der Waals surface area (Å²) in [7, 11) is 1.74. The SMILES string of the molecule is CC(C)n1cc(Br)cc1C(=O)N(C)CCOc1ccc(F)cc1. The molecule has 0 saturated carbocycles. The molecule has 0 atom stereocenters. The van der Waals surface area contributed by atoms with Gasteiger partial charge in [-0.2, -0.15) is 0 Å². The van der Waals surface area contributed by atoms with E-state index in [1.807, 2.05) is 30.7 Å². The average molecular weight is 383 g/mol. The predicted octanol–water partition coefficient (Wildman–Crippen LogP) is 4.12. The van der Waals surface area contributed by atoms with Crippen molar-refractivity contribution < 1.29 is 13.9 Å². The first-order valence-electron chi connectivity index (χ1n) is 7.39. The monoisotopic (exact) mass is 382 g/mol. The van der Waals surface area contributed by atoms with E-state index in [2.05, 4.69) is 15.9 Å². The number of aromatic nitrogens is 1. The summed E-state index contributed by atoms with van der Waals surface area (Å²) in [5.41, 5.74) is 0.635. The summed E-state index contributed by atoms with van der Waals surface area (Å²) in [5.74, 6) is 0.220. The number of hydrogen-bond donors (Lipinski definition) is 0. The fraction of sp³-hybridized carbons (Fsp3) is 0.353. The molecule has 0 aliphatic heterocycles. The molecule has 2 rings (SSSR count). The van der Waals surface area contributed by atoms with Gasteiger partial charge in [-0.3, -0.25) is 4.79 Å². The molecule has 1 amide bonds. The molecule has 6 heteroatoms. The number of amides is 1. The van der Waals surface area contributed by atoms with Crippen molar-refractivity contribution in [3.63, 3.8) is 0 Å². The average Bonchev–Trinajstić information content (AvgIpc) is 2.90. The van der Waals surface area contributed by atoms with E-state index in [0.717, 1.165) is 4.47 Å². The van der Waals surface area contributed by atoms with Gasteiger partial charge in [-0.25, -0.2) is 4.39 Å². The number of nitrogens with zero attached hydrogens (tertiary/aromatic N) is 2. The minimum atomic E-state index is -0.301. The maximum Gasteiger partial charge on any atom is 0.270 e. The Balaban J connectivity index is 1.94. The van der Waals surface area contributed by atoms with Gasteiger partial charge in [0.25, 0.3) is 5.91 Å². The molecule has 0 N–H and O–H groups in total. The lowest BCUT2D eigenvalue weighted by atomic mass is 10.3. The summed E-state index contributed by atoms with van der Waals surface area (Å²) in [5, 5.41) is 0. The van der Waals surface area contributed by atoms with Crippen LogP contribution in [-0.2, 0) is 0 Å². The Labute approximate surface area is 144 Å². The fourth-order valence-corrected chi connectivity index (χ4v) is 2.61. The molecule has 1 heterocycles. The van der Waals surface area contributed by atoms with Crippen LogP contribution in [0.15, 0.2) is 41.0 Å². The molecular weight excluding hydrogens is 363 g/mol. The highest BCUT2D eigenvalue weighted by Gasteiger charge is 2.18. The van der Waals surface area contributed by atoms with Crippen molar-refractivity contribution in [2.75, 3.05) is 20.2 Å². The minimum absolute atomic E-state index is 0.0629. The molecule has 0 aliphatic rings. The largest absolute Gasteiger partial charge is 0.492 e. The van der Waals surface area contributed by atoms with Crippen LogP contribution in [0.25, 0.3) is 0 Å². The van der Waals surface area contributed by atoms with Crippen molar-refractivity contribution in [2.45, 2.75) is 19.9 Å². The third kappa shape index (κ3) is 4.58. The molecule has 2 aromatic rings. The summed E-state index contributed by atoms with van der Waals surface area (Å²) in [6.07, 6.45) is 1.90. The number of hydrogen-bond acceptors (Lipinski definition) is 2. The highest BCUT2D eigenvalue weighted by Crippen LogP contribution is 2.20. The maximum absolute atomic E-state index is 12.8. The third-order valence-corrected chi connectivity index (χ3v) is 3.88. The Hall–Kier alpha value is -1.82. The number of halogens is 2. The van der Waals surface area contributed by atoms with Crippen LogP contribution in [-0.4, -0.2) is 35.6 Å². The van der Waals surface area contributed by atoms with Crippen molar-refractivity contribution in [1.29, 1.82) is 0 Å². The van der Waals surface area contributed by atoms with E-state index in [1.54, 1.807) is 24.1 Å². The summed E-state index contributed by atoms with van der Waals surface area (Å²) in [6, 6.07) is 7.84. The molecule has 0 saturated heterocycles. The van der Waals surface area contributed by atoms with Crippen molar-refractivity contribution in [3.8, 4) is 5.75 Å². The fourth-order valence-electron chi connectivity index (χ4n) is 2.17. The normalized spacial score (nSPS) is 10.9. The van der Waals surface area contributed by atoms with Crippen molar-refractivity contribution >= 4 is 21.8 Å². The van der Waals surface area contributed by atoms with E-state index >= 15 is 0 Å². The second-order valence-corrected chi connectivity index (χ2v) is 6.49. The first-order valence-corrected chi connectivity index (χ1v) is 8.19. The van der Waals surface area contributed by atoms with E-state index in [-0.39, 0.29) is 17.8 Å². The molecule has 1 aromatic heterocycles. The molecule has 1 aromatic carbocycles. The second kappa shape index (κ2) is 7.64. The molecule has 0 spiro atoms. The zero-order valence-electron chi connectivity index (χ0n) is 13.4. The number of benzene rings is 1. The van der Waals surface area contributed by atoms with Gasteiger partial charge in [0.1, 0.15) is 23.9 Å². The van der Waals surface area contributed by atoms with Gasteiger partial charge in [0.05, 0.1) is 6.54 Å². The highest BCUT2D eigenvalue weighted by molar-refractivity contribution is 9.10. The Morgan fingerprint density at radius 2 is 2.00 bits per heavy atom. The molecule has 0 fully saturated rings. The van der Waals surface area contributed by atoms with E-state index in [0.29, 0.717) is 24.6 Å². The second-order valence-electron chi connectivity index (χ2n) is 5.57. The molecule has 0 unspecified atom stereocenters. The molecule has 124 valence electrons. The van der Waals surface area contributed by atoms with Gasteiger partial charge in [-0.05, 0) is 60.1 Å². The van der Waals surface area contributed by atoms with E-state index in [9.17, 15) is 9.18 Å². The number of carbonyl (C=O) groups is 1. The highest BCUT2D eigenvalue weighted by atomic mass is 79.9. The zero-order valence-corrected chi connectivity index (χ0v) is 15.0. The van der Waals surface area contributed by atoms with E-state index in [1.165, 1.54) is 12.1 Å². The minimum Gasteiger partial charge on any atom is -0.492 e. The molecule has 0 radical (unpaired) electrons. The Morgan fingerprint density at radius 3 is 2.61 bits per heavy atom. The summed E-state index contributed by atoms with van der Waals surface area (Å²) >= 11 is 3.41. The van der Waals surface area contributed by atoms with Crippen LogP contribution in [0, 0.1) is 5.82 Å². The van der Waals surface area contributed by atoms with Gasteiger partial charge in [-0.1, -0.05) is 0 Å². The van der Waals surface area contributed by atoms with Gasteiger partial charge in [-0.15, -0.1) is 0 Å². The summed E-state index contributed by atoms with van der Waals surface area (Å²) < 4.78 is 21.2. The first-order chi connectivity index (χ1) is 10.9. The van der Waals surface area contributed by atoms with Crippen molar-refractivity contribution in [2.24, 2.45) is 0 Å². The van der Waals surface area contributed by atoms with Crippen LogP contribution >= 0.6 is 15.9 Å². The number of ether oxygens (including phenoxy) is 1. The van der Waals surface area contributed by atoms with Gasteiger partial charge < -0.3 is 14.2 Å². The molecule has 0 bridgehead atoms. The molecular formula is C17H20BrFN2O2. The van der Waals surface area contributed by atoms with Crippen LogP contribution in [0.4, 0.5) is 4.39 Å². The van der Waals surface area contributed by atoms with Gasteiger partial charge in [0.15, 0.2) is 0 Å². The third-order valence-electron chi connectivity index (χ3n) is 3.45.